The molecule has 0 atom stereocenters. The summed E-state index contributed by atoms with van der Waals surface area (Å²) < 4.78 is 0. The molecule has 0 bridgehead atoms. The minimum absolute atomic E-state index is 0.00816. The van der Waals surface area contributed by atoms with E-state index in [0.717, 1.165) is 4.90 Å². The third-order valence-electron chi connectivity index (χ3n) is 2.58. The van der Waals surface area contributed by atoms with E-state index in [9.17, 15) is 4.79 Å². The van der Waals surface area contributed by atoms with Crippen LogP contribution in [0.3, 0.4) is 0 Å². The van der Waals surface area contributed by atoms with Gasteiger partial charge in [-0.05, 0) is 28.5 Å². The summed E-state index contributed by atoms with van der Waals surface area (Å²) in [5.41, 5.74) is 1.50. The second-order valence-electron chi connectivity index (χ2n) is 5.43. The largest absolute Gasteiger partial charge is 0.345 e. The fourth-order valence-corrected chi connectivity index (χ4v) is 1.99. The molecule has 0 unspecified atom stereocenters. The zero-order chi connectivity index (χ0) is 13.8. The van der Waals surface area contributed by atoms with Crippen LogP contribution in [0.15, 0.2) is 40.6 Å². The van der Waals surface area contributed by atoms with Gasteiger partial charge in [0.05, 0.1) is 0 Å². The van der Waals surface area contributed by atoms with Crippen LogP contribution in [0.25, 0.3) is 0 Å². The van der Waals surface area contributed by atoms with Crippen LogP contribution < -0.4 is 0 Å². The molecule has 0 aromatic heterocycles. The third kappa shape index (κ3) is 4.57. The van der Waals surface area contributed by atoms with Gasteiger partial charge in [-0.1, -0.05) is 44.7 Å². The number of carbonyl (C=O) groups is 1. The van der Waals surface area contributed by atoms with E-state index in [4.69, 9.17) is 0 Å². The number of benzene rings is 1. The SMILES string of the molecule is CN(C)C(=O)/C=C\Sc1ccc(C(C)(C)C)cc1. The van der Waals surface area contributed by atoms with Crippen molar-refractivity contribution in [2.75, 3.05) is 14.1 Å². The van der Waals surface area contributed by atoms with E-state index >= 15 is 0 Å². The Kier molecular flexibility index (Phi) is 5.03. The van der Waals surface area contributed by atoms with E-state index < -0.39 is 0 Å². The molecule has 0 saturated heterocycles. The van der Waals surface area contributed by atoms with Crippen LogP contribution >= 0.6 is 11.8 Å². The molecule has 0 spiro atoms. The third-order valence-corrected chi connectivity index (χ3v) is 3.39. The fourth-order valence-electron chi connectivity index (χ4n) is 1.35. The first kappa shape index (κ1) is 14.8. The molecule has 0 radical (unpaired) electrons. The second-order valence-corrected chi connectivity index (χ2v) is 6.41. The van der Waals surface area contributed by atoms with Crippen LogP contribution in [0.2, 0.25) is 0 Å². The Hall–Kier alpha value is -1.22. The van der Waals surface area contributed by atoms with Gasteiger partial charge in [0.1, 0.15) is 0 Å². The molecule has 2 nitrogen and oxygen atoms in total. The quantitative estimate of drug-likeness (QED) is 0.612. The first-order valence-electron chi connectivity index (χ1n) is 5.96. The van der Waals surface area contributed by atoms with Crippen molar-refractivity contribution < 1.29 is 4.79 Å². The number of thioether (sulfide) groups is 1. The van der Waals surface area contributed by atoms with Crippen molar-refractivity contribution in [3.8, 4) is 0 Å². The molecule has 0 saturated carbocycles. The molecule has 1 aromatic carbocycles. The van der Waals surface area contributed by atoms with Crippen LogP contribution in [-0.2, 0) is 10.2 Å². The highest BCUT2D eigenvalue weighted by Crippen LogP contribution is 2.25. The van der Waals surface area contributed by atoms with Crippen molar-refractivity contribution >= 4 is 17.7 Å². The maximum absolute atomic E-state index is 11.3. The van der Waals surface area contributed by atoms with E-state index in [1.165, 1.54) is 5.56 Å². The van der Waals surface area contributed by atoms with Crippen molar-refractivity contribution in [3.63, 3.8) is 0 Å². The Balaban J connectivity index is 2.63. The Bertz CT molecular complexity index is 427. The van der Waals surface area contributed by atoms with Gasteiger partial charge in [0.15, 0.2) is 0 Å². The molecule has 0 aliphatic heterocycles. The smallest absolute Gasteiger partial charge is 0.246 e. The average Bonchev–Trinajstić information content (AvgIpc) is 2.28. The molecule has 98 valence electrons. The van der Waals surface area contributed by atoms with Crippen molar-refractivity contribution in [2.45, 2.75) is 31.1 Å². The van der Waals surface area contributed by atoms with Crippen molar-refractivity contribution in [3.05, 3.63) is 41.3 Å². The van der Waals surface area contributed by atoms with E-state index in [-0.39, 0.29) is 11.3 Å². The minimum atomic E-state index is 0.00816. The van der Waals surface area contributed by atoms with Crippen LogP contribution in [0.5, 0.6) is 0 Å². The standard InChI is InChI=1S/C15H21NOS/c1-15(2,3)12-6-8-13(9-7-12)18-11-10-14(17)16(4)5/h6-11H,1-5H3/b11-10-. The van der Waals surface area contributed by atoms with E-state index in [1.807, 2.05) is 5.41 Å². The lowest BCUT2D eigenvalue weighted by Crippen LogP contribution is -2.18. The maximum atomic E-state index is 11.3. The highest BCUT2D eigenvalue weighted by molar-refractivity contribution is 8.02. The van der Waals surface area contributed by atoms with E-state index in [1.54, 1.807) is 36.8 Å². The first-order chi connectivity index (χ1) is 8.30. The fraction of sp³-hybridized carbons (Fsp3) is 0.400. The highest BCUT2D eigenvalue weighted by Gasteiger charge is 2.12. The number of amides is 1. The van der Waals surface area contributed by atoms with Gasteiger partial charge in [-0.15, -0.1) is 0 Å². The summed E-state index contributed by atoms with van der Waals surface area (Å²) in [7, 11) is 3.49. The van der Waals surface area contributed by atoms with Crippen LogP contribution in [0.1, 0.15) is 26.3 Å². The lowest BCUT2D eigenvalue weighted by atomic mass is 9.87. The monoisotopic (exact) mass is 263 g/mol. The van der Waals surface area contributed by atoms with Gasteiger partial charge >= 0.3 is 0 Å². The molecule has 0 N–H and O–H groups in total. The van der Waals surface area contributed by atoms with Gasteiger partial charge in [-0.25, -0.2) is 0 Å². The molecule has 0 aliphatic rings. The van der Waals surface area contributed by atoms with Crippen molar-refractivity contribution in [1.82, 2.24) is 4.90 Å². The number of rotatable bonds is 3. The van der Waals surface area contributed by atoms with Gasteiger partial charge in [-0.2, -0.15) is 0 Å². The van der Waals surface area contributed by atoms with Crippen LogP contribution in [0.4, 0.5) is 0 Å². The molecule has 0 aliphatic carbocycles. The Morgan fingerprint density at radius 2 is 1.72 bits per heavy atom. The molecular formula is C15H21NOS. The Morgan fingerprint density at radius 3 is 2.17 bits per heavy atom. The lowest BCUT2D eigenvalue weighted by molar-refractivity contribution is -0.123. The Labute approximate surface area is 114 Å². The lowest BCUT2D eigenvalue weighted by Gasteiger charge is -2.18. The molecule has 0 heterocycles. The van der Waals surface area contributed by atoms with Gasteiger partial charge in [0.25, 0.3) is 0 Å². The average molecular weight is 263 g/mol. The zero-order valence-corrected chi connectivity index (χ0v) is 12.5. The van der Waals surface area contributed by atoms with Crippen LogP contribution in [-0.4, -0.2) is 24.9 Å². The Morgan fingerprint density at radius 1 is 1.17 bits per heavy atom. The van der Waals surface area contributed by atoms with Gasteiger partial charge in [-0.3, -0.25) is 4.79 Å². The van der Waals surface area contributed by atoms with E-state index in [0.29, 0.717) is 0 Å². The van der Waals surface area contributed by atoms with Crippen molar-refractivity contribution in [1.29, 1.82) is 0 Å². The van der Waals surface area contributed by atoms with Crippen molar-refractivity contribution in [2.24, 2.45) is 0 Å². The summed E-state index contributed by atoms with van der Waals surface area (Å²) in [5.74, 6) is 0.00816. The number of nitrogens with zero attached hydrogens (tertiary/aromatic N) is 1. The summed E-state index contributed by atoms with van der Waals surface area (Å²) in [4.78, 5) is 14.0. The molecular weight excluding hydrogens is 242 g/mol. The summed E-state index contributed by atoms with van der Waals surface area (Å²) in [6.45, 7) is 6.60. The predicted molar refractivity (Wildman–Crippen MR) is 78.8 cm³/mol. The number of carbonyl (C=O) groups excluding carboxylic acids is 1. The molecule has 1 rings (SSSR count). The summed E-state index contributed by atoms with van der Waals surface area (Å²) in [6, 6.07) is 8.47. The molecule has 1 aromatic rings. The molecule has 18 heavy (non-hydrogen) atoms. The highest BCUT2D eigenvalue weighted by atomic mass is 32.2. The van der Waals surface area contributed by atoms with Gasteiger partial charge in [0.2, 0.25) is 5.91 Å². The second kappa shape index (κ2) is 6.10. The number of hydrogen-bond acceptors (Lipinski definition) is 2. The number of hydrogen-bond donors (Lipinski definition) is 0. The first-order valence-corrected chi connectivity index (χ1v) is 6.84. The summed E-state index contributed by atoms with van der Waals surface area (Å²) >= 11 is 1.56. The topological polar surface area (TPSA) is 20.3 Å². The molecule has 3 heteroatoms. The van der Waals surface area contributed by atoms with E-state index in [2.05, 4.69) is 45.0 Å². The number of likely N-dealkylation sites (N-methyl/N-ethyl adjacent to an activating group) is 1. The molecule has 1 amide bonds. The maximum Gasteiger partial charge on any atom is 0.246 e. The van der Waals surface area contributed by atoms with Crippen LogP contribution in [0, 0.1) is 0 Å². The predicted octanol–water partition coefficient (Wildman–Crippen LogP) is 3.68. The molecule has 0 fully saturated rings. The van der Waals surface area contributed by atoms with Gasteiger partial charge in [0, 0.05) is 25.1 Å². The minimum Gasteiger partial charge on any atom is -0.345 e. The summed E-state index contributed by atoms with van der Waals surface area (Å²) in [6.07, 6.45) is 1.59. The zero-order valence-electron chi connectivity index (χ0n) is 11.7. The van der Waals surface area contributed by atoms with Gasteiger partial charge < -0.3 is 4.90 Å². The summed E-state index contributed by atoms with van der Waals surface area (Å²) in [5, 5.41) is 1.83. The normalized spacial score (nSPS) is 11.8.